The van der Waals surface area contributed by atoms with Gasteiger partial charge in [-0.05, 0) is 19.1 Å². The Morgan fingerprint density at radius 2 is 2.00 bits per heavy atom. The van der Waals surface area contributed by atoms with Gasteiger partial charge in [0.15, 0.2) is 0 Å². The molecule has 0 aliphatic rings. The molecule has 0 rings (SSSR count). The minimum atomic E-state index is 0.528. The molecule has 0 amide bonds. The lowest BCUT2D eigenvalue weighted by Gasteiger charge is -2.13. The molecule has 0 aromatic carbocycles. The van der Waals surface area contributed by atoms with Crippen molar-refractivity contribution < 1.29 is 0 Å². The van der Waals surface area contributed by atoms with Crippen molar-refractivity contribution in [1.82, 2.24) is 0 Å². The van der Waals surface area contributed by atoms with Crippen LogP contribution >= 0.6 is 23.5 Å². The largest absolute Gasteiger partial charge is 0.148 e. The number of rotatable bonds is 5. The van der Waals surface area contributed by atoms with Crippen LogP contribution in [0.25, 0.3) is 0 Å². The number of hydrogen-bond donors (Lipinski definition) is 0. The molecule has 1 radical (unpaired) electrons. The maximum atomic E-state index is 4.04. The molecular weight excluding hydrogens is 160 g/mol. The van der Waals surface area contributed by atoms with Crippen LogP contribution in [0.15, 0.2) is 0 Å². The van der Waals surface area contributed by atoms with Gasteiger partial charge in [0.05, 0.1) is 4.58 Å². The molecule has 0 N–H and O–H groups in total. The van der Waals surface area contributed by atoms with E-state index in [0.29, 0.717) is 4.58 Å². The van der Waals surface area contributed by atoms with Crippen LogP contribution in [0.2, 0.25) is 0 Å². The summed E-state index contributed by atoms with van der Waals surface area (Å²) in [5.74, 6) is 1.18. The van der Waals surface area contributed by atoms with Crippen LogP contribution in [0.4, 0.5) is 0 Å². The van der Waals surface area contributed by atoms with E-state index in [-0.39, 0.29) is 0 Å². The van der Waals surface area contributed by atoms with Crippen molar-refractivity contribution in [2.75, 3.05) is 5.75 Å². The van der Waals surface area contributed by atoms with Gasteiger partial charge >= 0.3 is 0 Å². The van der Waals surface area contributed by atoms with Crippen molar-refractivity contribution in [2.24, 2.45) is 0 Å². The highest BCUT2D eigenvalue weighted by Gasteiger charge is 2.05. The zero-order chi connectivity index (χ0) is 7.98. The van der Waals surface area contributed by atoms with E-state index in [4.69, 9.17) is 0 Å². The topological polar surface area (TPSA) is 0 Å². The molecule has 61 valence electrons. The van der Waals surface area contributed by atoms with E-state index in [9.17, 15) is 0 Å². The second-order valence-electron chi connectivity index (χ2n) is 2.24. The van der Waals surface area contributed by atoms with Crippen LogP contribution in [-0.4, -0.2) is 15.6 Å². The molecule has 2 heteroatoms. The SMILES string of the molecule is [CH2]C(SCC)SC(C)CC. The second-order valence-corrected chi connectivity index (χ2v) is 5.66. The Labute approximate surface area is 73.5 Å². The van der Waals surface area contributed by atoms with Crippen LogP contribution < -0.4 is 0 Å². The van der Waals surface area contributed by atoms with Crippen LogP contribution in [-0.2, 0) is 0 Å². The highest BCUT2D eigenvalue weighted by atomic mass is 32.2. The van der Waals surface area contributed by atoms with Gasteiger partial charge in [0.1, 0.15) is 0 Å². The molecule has 2 atom stereocenters. The summed E-state index contributed by atoms with van der Waals surface area (Å²) in [6, 6.07) is 0. The minimum absolute atomic E-state index is 0.528. The third-order valence-corrected chi connectivity index (χ3v) is 3.86. The summed E-state index contributed by atoms with van der Waals surface area (Å²) in [5, 5.41) is 0.765. The lowest BCUT2D eigenvalue weighted by molar-refractivity contribution is 0.906. The average molecular weight is 177 g/mol. The van der Waals surface area contributed by atoms with Gasteiger partial charge in [0.25, 0.3) is 0 Å². The summed E-state index contributed by atoms with van der Waals surface area (Å²) < 4.78 is 0.528. The standard InChI is InChI=1S/C8H17S2/c1-5-7(3)10-8(4)9-6-2/h7-8H,4-6H2,1-3H3. The Bertz CT molecular complexity index is 73.7. The zero-order valence-electron chi connectivity index (χ0n) is 7.09. The van der Waals surface area contributed by atoms with Gasteiger partial charge in [0.2, 0.25) is 0 Å². The van der Waals surface area contributed by atoms with Gasteiger partial charge in [-0.1, -0.05) is 20.8 Å². The molecule has 0 nitrogen and oxygen atoms in total. The molecule has 0 spiro atoms. The van der Waals surface area contributed by atoms with Gasteiger partial charge < -0.3 is 0 Å². The second kappa shape index (κ2) is 6.41. The molecular formula is C8H17S2. The highest BCUT2D eigenvalue weighted by Crippen LogP contribution is 2.27. The molecule has 0 saturated carbocycles. The van der Waals surface area contributed by atoms with Gasteiger partial charge in [-0.25, -0.2) is 0 Å². The van der Waals surface area contributed by atoms with Crippen LogP contribution in [0.1, 0.15) is 27.2 Å². The summed E-state index contributed by atoms with van der Waals surface area (Å²) in [4.78, 5) is 0. The van der Waals surface area contributed by atoms with Crippen molar-refractivity contribution in [2.45, 2.75) is 37.0 Å². The first-order chi connectivity index (χ1) is 4.70. The summed E-state index contributed by atoms with van der Waals surface area (Å²) in [6.07, 6.45) is 1.25. The zero-order valence-corrected chi connectivity index (χ0v) is 8.73. The molecule has 0 heterocycles. The maximum Gasteiger partial charge on any atom is 0.0505 e. The Balaban J connectivity index is 3.27. The van der Waals surface area contributed by atoms with E-state index in [2.05, 4.69) is 27.7 Å². The quantitative estimate of drug-likeness (QED) is 0.590. The number of hydrogen-bond acceptors (Lipinski definition) is 2. The van der Waals surface area contributed by atoms with Crippen molar-refractivity contribution in [1.29, 1.82) is 0 Å². The first kappa shape index (κ1) is 10.7. The van der Waals surface area contributed by atoms with Crippen molar-refractivity contribution in [3.63, 3.8) is 0 Å². The van der Waals surface area contributed by atoms with Crippen LogP contribution in [0, 0.1) is 6.92 Å². The molecule has 2 unspecified atom stereocenters. The molecule has 0 aliphatic carbocycles. The summed E-state index contributed by atoms with van der Waals surface area (Å²) in [6.45, 7) is 10.7. The van der Waals surface area contributed by atoms with Gasteiger partial charge in [-0.3, -0.25) is 0 Å². The van der Waals surface area contributed by atoms with E-state index >= 15 is 0 Å². The average Bonchev–Trinajstić information content (AvgIpc) is 1.88. The van der Waals surface area contributed by atoms with Crippen molar-refractivity contribution >= 4 is 23.5 Å². The van der Waals surface area contributed by atoms with Crippen LogP contribution in [0.5, 0.6) is 0 Å². The monoisotopic (exact) mass is 177 g/mol. The molecule has 0 aromatic rings. The highest BCUT2D eigenvalue weighted by molar-refractivity contribution is 8.17. The van der Waals surface area contributed by atoms with E-state index in [1.54, 1.807) is 0 Å². The van der Waals surface area contributed by atoms with E-state index < -0.39 is 0 Å². The van der Waals surface area contributed by atoms with E-state index in [1.165, 1.54) is 12.2 Å². The normalized spacial score (nSPS) is 16.8. The third kappa shape index (κ3) is 5.48. The summed E-state index contributed by atoms with van der Waals surface area (Å²) >= 11 is 3.90. The Hall–Kier alpha value is 0.700. The third-order valence-electron chi connectivity index (χ3n) is 1.31. The first-order valence-corrected chi connectivity index (χ1v) is 5.80. The number of thioether (sulfide) groups is 2. The Morgan fingerprint density at radius 1 is 1.40 bits per heavy atom. The van der Waals surface area contributed by atoms with Gasteiger partial charge in [-0.2, -0.15) is 0 Å². The smallest absolute Gasteiger partial charge is 0.0505 e. The maximum absolute atomic E-state index is 4.04. The van der Waals surface area contributed by atoms with Crippen LogP contribution in [0.3, 0.4) is 0 Å². The minimum Gasteiger partial charge on any atom is -0.148 e. The first-order valence-electron chi connectivity index (χ1n) is 3.80. The summed E-state index contributed by atoms with van der Waals surface area (Å²) in [5.41, 5.74) is 0. The van der Waals surface area contributed by atoms with E-state index in [0.717, 1.165) is 5.25 Å². The molecule has 0 aromatic heterocycles. The Morgan fingerprint density at radius 3 is 2.40 bits per heavy atom. The molecule has 0 aliphatic heterocycles. The van der Waals surface area contributed by atoms with Gasteiger partial charge in [0, 0.05) is 5.25 Å². The molecule has 0 saturated heterocycles. The fourth-order valence-electron chi connectivity index (χ4n) is 0.581. The molecule has 0 bridgehead atoms. The Kier molecular flexibility index (Phi) is 6.86. The van der Waals surface area contributed by atoms with E-state index in [1.807, 2.05) is 23.5 Å². The molecule has 10 heavy (non-hydrogen) atoms. The fraction of sp³-hybridized carbons (Fsp3) is 0.875. The lowest BCUT2D eigenvalue weighted by Crippen LogP contribution is -2.00. The molecule has 0 fully saturated rings. The predicted molar refractivity (Wildman–Crippen MR) is 54.6 cm³/mol. The van der Waals surface area contributed by atoms with Crippen molar-refractivity contribution in [3.8, 4) is 0 Å². The predicted octanol–water partition coefficient (Wildman–Crippen LogP) is 3.43. The van der Waals surface area contributed by atoms with Crippen molar-refractivity contribution in [3.05, 3.63) is 6.92 Å². The summed E-state index contributed by atoms with van der Waals surface area (Å²) in [7, 11) is 0. The van der Waals surface area contributed by atoms with Gasteiger partial charge in [-0.15, -0.1) is 23.5 Å². The fourth-order valence-corrected chi connectivity index (χ4v) is 2.95. The lowest BCUT2D eigenvalue weighted by atomic mass is 10.4.